The summed E-state index contributed by atoms with van der Waals surface area (Å²) < 4.78 is 0. The number of amides is 2. The Labute approximate surface area is 137 Å². The van der Waals surface area contributed by atoms with E-state index in [1.54, 1.807) is 17.0 Å². The number of benzene rings is 1. The number of likely N-dealkylation sites (tertiary alicyclic amines) is 1. The third-order valence-electron chi connectivity index (χ3n) is 4.19. The zero-order valence-corrected chi connectivity index (χ0v) is 13.8. The lowest BCUT2D eigenvalue weighted by Gasteiger charge is -2.19. The van der Waals surface area contributed by atoms with E-state index >= 15 is 0 Å². The van der Waals surface area contributed by atoms with Gasteiger partial charge in [-0.25, -0.2) is 0 Å². The highest BCUT2D eigenvalue weighted by Gasteiger charge is 2.31. The molecular formula is C17H25N3O3. The normalized spacial score (nSPS) is 17.2. The molecule has 6 heteroatoms. The summed E-state index contributed by atoms with van der Waals surface area (Å²) in [4.78, 5) is 28.0. The minimum absolute atomic E-state index is 0.0313. The van der Waals surface area contributed by atoms with E-state index in [4.69, 9.17) is 5.11 Å². The number of hydrogen-bond acceptors (Lipinski definition) is 4. The van der Waals surface area contributed by atoms with Gasteiger partial charge < -0.3 is 20.2 Å². The van der Waals surface area contributed by atoms with Gasteiger partial charge in [0.05, 0.1) is 12.5 Å². The Kier molecular flexibility index (Phi) is 5.98. The smallest absolute Gasteiger partial charge is 0.253 e. The van der Waals surface area contributed by atoms with Crippen LogP contribution in [-0.2, 0) is 4.79 Å². The van der Waals surface area contributed by atoms with Gasteiger partial charge in [-0.3, -0.25) is 9.59 Å². The molecule has 1 saturated heterocycles. The molecule has 0 radical (unpaired) electrons. The summed E-state index contributed by atoms with van der Waals surface area (Å²) in [6.07, 6.45) is 0.717. The van der Waals surface area contributed by atoms with Gasteiger partial charge in [0, 0.05) is 44.5 Å². The van der Waals surface area contributed by atoms with E-state index in [0.717, 1.165) is 12.1 Å². The van der Waals surface area contributed by atoms with Gasteiger partial charge >= 0.3 is 0 Å². The lowest BCUT2D eigenvalue weighted by atomic mass is 10.1. The first-order chi connectivity index (χ1) is 11.1. The van der Waals surface area contributed by atoms with Crippen molar-refractivity contribution in [1.82, 2.24) is 10.2 Å². The average Bonchev–Trinajstić information content (AvgIpc) is 3.05. The molecular weight excluding hydrogens is 294 g/mol. The Morgan fingerprint density at radius 2 is 2.04 bits per heavy atom. The van der Waals surface area contributed by atoms with Gasteiger partial charge in [0.25, 0.3) is 5.91 Å². The molecule has 0 bridgehead atoms. The van der Waals surface area contributed by atoms with Crippen LogP contribution < -0.4 is 10.2 Å². The van der Waals surface area contributed by atoms with Crippen molar-refractivity contribution in [2.24, 2.45) is 5.92 Å². The van der Waals surface area contributed by atoms with Crippen LogP contribution in [0.2, 0.25) is 0 Å². The topological polar surface area (TPSA) is 72.9 Å². The zero-order chi connectivity index (χ0) is 16.8. The first-order valence-electron chi connectivity index (χ1n) is 8.05. The lowest BCUT2D eigenvalue weighted by Crippen LogP contribution is -2.34. The van der Waals surface area contributed by atoms with Gasteiger partial charge in [0.15, 0.2) is 0 Å². The summed E-state index contributed by atoms with van der Waals surface area (Å²) in [5.74, 6) is -0.106. The Hall–Kier alpha value is -2.08. The predicted octanol–water partition coefficient (Wildman–Crippen LogP) is 0.713. The van der Waals surface area contributed by atoms with E-state index in [-0.39, 0.29) is 24.3 Å². The van der Waals surface area contributed by atoms with Gasteiger partial charge in [-0.1, -0.05) is 0 Å². The molecule has 2 rings (SSSR count). The maximum Gasteiger partial charge on any atom is 0.253 e. The van der Waals surface area contributed by atoms with Crippen LogP contribution in [-0.4, -0.2) is 61.7 Å². The molecule has 0 aliphatic carbocycles. The monoisotopic (exact) mass is 319 g/mol. The molecule has 23 heavy (non-hydrogen) atoms. The SMILES string of the molecule is CCNC(=O)C1CCN(C(=O)c2ccc(N(C)CCO)cc2)C1. The van der Waals surface area contributed by atoms with Crippen molar-refractivity contribution in [3.8, 4) is 0 Å². The third kappa shape index (κ3) is 4.22. The van der Waals surface area contributed by atoms with E-state index in [9.17, 15) is 9.59 Å². The molecule has 2 N–H and O–H groups in total. The molecule has 2 amide bonds. The first kappa shape index (κ1) is 17.3. The Morgan fingerprint density at radius 1 is 1.35 bits per heavy atom. The van der Waals surface area contributed by atoms with Crippen molar-refractivity contribution >= 4 is 17.5 Å². The van der Waals surface area contributed by atoms with E-state index < -0.39 is 0 Å². The van der Waals surface area contributed by atoms with Crippen molar-refractivity contribution < 1.29 is 14.7 Å². The molecule has 1 atom stereocenters. The number of anilines is 1. The molecule has 6 nitrogen and oxygen atoms in total. The summed E-state index contributed by atoms with van der Waals surface area (Å²) in [5.41, 5.74) is 1.58. The molecule has 0 saturated carbocycles. The number of likely N-dealkylation sites (N-methyl/N-ethyl adjacent to an activating group) is 1. The summed E-state index contributed by atoms with van der Waals surface area (Å²) >= 11 is 0. The second-order valence-electron chi connectivity index (χ2n) is 5.82. The highest BCUT2D eigenvalue weighted by atomic mass is 16.3. The second-order valence-corrected chi connectivity index (χ2v) is 5.82. The van der Waals surface area contributed by atoms with Crippen LogP contribution in [0.4, 0.5) is 5.69 Å². The second kappa shape index (κ2) is 7.97. The standard InChI is InChI=1S/C17H25N3O3/c1-3-18-16(22)14-8-9-20(12-14)17(23)13-4-6-15(7-5-13)19(2)10-11-21/h4-7,14,21H,3,8-12H2,1-2H3,(H,18,22). The minimum atomic E-state index is -0.103. The van der Waals surface area contributed by atoms with Crippen LogP contribution >= 0.6 is 0 Å². The Morgan fingerprint density at radius 3 is 2.65 bits per heavy atom. The van der Waals surface area contributed by atoms with Gasteiger partial charge in [0.2, 0.25) is 5.91 Å². The number of nitrogens with one attached hydrogen (secondary N) is 1. The molecule has 1 fully saturated rings. The van der Waals surface area contributed by atoms with Gasteiger partial charge in [0.1, 0.15) is 0 Å². The lowest BCUT2D eigenvalue weighted by molar-refractivity contribution is -0.124. The van der Waals surface area contributed by atoms with E-state index in [1.807, 2.05) is 31.0 Å². The molecule has 1 aliphatic rings. The van der Waals surface area contributed by atoms with E-state index in [0.29, 0.717) is 31.7 Å². The number of carbonyl (C=O) groups is 2. The summed E-state index contributed by atoms with van der Waals surface area (Å²) in [6, 6.07) is 7.34. The fourth-order valence-electron chi connectivity index (χ4n) is 2.80. The van der Waals surface area contributed by atoms with Crippen molar-refractivity contribution in [2.75, 3.05) is 44.7 Å². The van der Waals surface area contributed by atoms with Crippen molar-refractivity contribution in [2.45, 2.75) is 13.3 Å². The van der Waals surface area contributed by atoms with Crippen LogP contribution in [0.25, 0.3) is 0 Å². The van der Waals surface area contributed by atoms with Crippen LogP contribution in [0.5, 0.6) is 0 Å². The Bertz CT molecular complexity index is 545. The quantitative estimate of drug-likeness (QED) is 0.810. The molecule has 1 unspecified atom stereocenters. The van der Waals surface area contributed by atoms with Crippen molar-refractivity contribution in [3.05, 3.63) is 29.8 Å². The average molecular weight is 319 g/mol. The maximum absolute atomic E-state index is 12.5. The van der Waals surface area contributed by atoms with Crippen LogP contribution in [0.15, 0.2) is 24.3 Å². The molecule has 1 heterocycles. The fraction of sp³-hybridized carbons (Fsp3) is 0.529. The number of aliphatic hydroxyl groups is 1. The first-order valence-corrected chi connectivity index (χ1v) is 8.05. The summed E-state index contributed by atoms with van der Waals surface area (Å²) in [6.45, 7) is 4.25. The highest BCUT2D eigenvalue weighted by molar-refractivity contribution is 5.95. The van der Waals surface area contributed by atoms with Crippen LogP contribution in [0, 0.1) is 5.92 Å². The zero-order valence-electron chi connectivity index (χ0n) is 13.8. The van der Waals surface area contributed by atoms with Gasteiger partial charge in [-0.05, 0) is 37.6 Å². The van der Waals surface area contributed by atoms with Crippen molar-refractivity contribution in [1.29, 1.82) is 0 Å². The van der Waals surface area contributed by atoms with Crippen LogP contribution in [0.3, 0.4) is 0 Å². The molecule has 126 valence electrons. The fourth-order valence-corrected chi connectivity index (χ4v) is 2.80. The summed E-state index contributed by atoms with van der Waals surface area (Å²) in [5, 5.41) is 11.8. The molecule has 1 aromatic rings. The molecule has 0 spiro atoms. The van der Waals surface area contributed by atoms with Crippen molar-refractivity contribution in [3.63, 3.8) is 0 Å². The van der Waals surface area contributed by atoms with Crippen LogP contribution in [0.1, 0.15) is 23.7 Å². The van der Waals surface area contributed by atoms with Gasteiger partial charge in [-0.15, -0.1) is 0 Å². The number of nitrogens with zero attached hydrogens (tertiary/aromatic N) is 2. The Balaban J connectivity index is 1.97. The number of aliphatic hydroxyl groups excluding tert-OH is 1. The number of rotatable bonds is 6. The predicted molar refractivity (Wildman–Crippen MR) is 89.5 cm³/mol. The molecule has 1 aromatic carbocycles. The minimum Gasteiger partial charge on any atom is -0.395 e. The highest BCUT2D eigenvalue weighted by Crippen LogP contribution is 2.20. The third-order valence-corrected chi connectivity index (χ3v) is 4.19. The largest absolute Gasteiger partial charge is 0.395 e. The van der Waals surface area contributed by atoms with E-state index in [2.05, 4.69) is 5.32 Å². The number of hydrogen-bond donors (Lipinski definition) is 2. The summed E-state index contributed by atoms with van der Waals surface area (Å²) in [7, 11) is 1.89. The van der Waals surface area contributed by atoms with Gasteiger partial charge in [-0.2, -0.15) is 0 Å². The maximum atomic E-state index is 12.5. The van der Waals surface area contributed by atoms with E-state index in [1.165, 1.54) is 0 Å². The number of carbonyl (C=O) groups excluding carboxylic acids is 2. The molecule has 1 aliphatic heterocycles. The molecule has 0 aromatic heterocycles.